The van der Waals surface area contributed by atoms with Gasteiger partial charge in [-0.15, -0.1) is 10.2 Å². The minimum Gasteiger partial charge on any atom is -0.369 e. The second kappa shape index (κ2) is 9.67. The smallest absolute Gasteiger partial charge is 0.241 e. The van der Waals surface area contributed by atoms with Crippen molar-refractivity contribution in [3.8, 4) is 11.3 Å². The molecule has 0 radical (unpaired) electrons. The minimum absolute atomic E-state index is 0.178. The molecule has 4 N–H and O–H groups in total. The molecule has 0 atom stereocenters. The number of primary amides is 1. The first-order chi connectivity index (χ1) is 16.9. The molecule has 3 aromatic carbocycles. The fourth-order valence-corrected chi connectivity index (χ4v) is 5.64. The van der Waals surface area contributed by atoms with Crippen molar-refractivity contribution in [1.29, 1.82) is 0 Å². The Hall–Kier alpha value is -3.82. The van der Waals surface area contributed by atoms with E-state index >= 15 is 0 Å². The standard InChI is InChI=1S/C27H29N5O3S/c1-17-9-12-19(16-23(17)36(34,35)32-27(2,3)4)25-21-7-5-6-8-22(21)26(31-30-25)29-20-13-10-18(11-14-20)15-24(28)33/h5-14,16,32H,15H2,1-4H3,(H2,28,33)(H,29,31). The van der Waals surface area contributed by atoms with E-state index < -0.39 is 15.6 Å². The molecule has 0 aliphatic carbocycles. The summed E-state index contributed by atoms with van der Waals surface area (Å²) >= 11 is 0. The number of anilines is 2. The number of rotatable bonds is 7. The van der Waals surface area contributed by atoms with E-state index in [4.69, 9.17) is 5.73 Å². The molecule has 4 aromatic rings. The van der Waals surface area contributed by atoms with Gasteiger partial charge < -0.3 is 11.1 Å². The molecule has 4 rings (SSSR count). The van der Waals surface area contributed by atoms with Crippen LogP contribution in [0.4, 0.5) is 11.5 Å². The van der Waals surface area contributed by atoms with Gasteiger partial charge in [-0.3, -0.25) is 4.79 Å². The largest absolute Gasteiger partial charge is 0.369 e. The molecule has 0 saturated carbocycles. The molecule has 36 heavy (non-hydrogen) atoms. The summed E-state index contributed by atoms with van der Waals surface area (Å²) in [6, 6.07) is 20.3. The number of aromatic nitrogens is 2. The maximum atomic E-state index is 13.1. The lowest BCUT2D eigenvalue weighted by molar-refractivity contribution is -0.117. The van der Waals surface area contributed by atoms with Crippen LogP contribution in [0.3, 0.4) is 0 Å². The van der Waals surface area contributed by atoms with Crippen molar-refractivity contribution in [2.45, 2.75) is 44.6 Å². The summed E-state index contributed by atoms with van der Waals surface area (Å²) in [5.74, 6) is 0.177. The van der Waals surface area contributed by atoms with Crippen molar-refractivity contribution in [2.75, 3.05) is 5.32 Å². The second-order valence-electron chi connectivity index (χ2n) is 9.74. The predicted molar refractivity (Wildman–Crippen MR) is 142 cm³/mol. The first-order valence-electron chi connectivity index (χ1n) is 11.5. The Kier molecular flexibility index (Phi) is 6.79. The Balaban J connectivity index is 1.74. The lowest BCUT2D eigenvalue weighted by atomic mass is 10.0. The molecule has 0 spiro atoms. The van der Waals surface area contributed by atoms with Gasteiger partial charge in [-0.05, 0) is 57.0 Å². The zero-order valence-corrected chi connectivity index (χ0v) is 21.5. The highest BCUT2D eigenvalue weighted by molar-refractivity contribution is 7.89. The molecule has 8 nitrogen and oxygen atoms in total. The Labute approximate surface area is 211 Å². The number of hydrogen-bond acceptors (Lipinski definition) is 6. The predicted octanol–water partition coefficient (Wildman–Crippen LogP) is 4.45. The number of carbonyl (C=O) groups excluding carboxylic acids is 1. The van der Waals surface area contributed by atoms with Gasteiger partial charge in [0, 0.05) is 27.6 Å². The number of fused-ring (bicyclic) bond motifs is 1. The molecule has 0 fully saturated rings. The number of amides is 1. The van der Waals surface area contributed by atoms with Crippen LogP contribution in [-0.2, 0) is 21.2 Å². The summed E-state index contributed by atoms with van der Waals surface area (Å²) in [5, 5.41) is 13.8. The van der Waals surface area contributed by atoms with Gasteiger partial charge in [-0.2, -0.15) is 0 Å². The van der Waals surface area contributed by atoms with Gasteiger partial charge in [0.15, 0.2) is 5.82 Å². The molecule has 0 unspecified atom stereocenters. The molecule has 1 aromatic heterocycles. The van der Waals surface area contributed by atoms with Gasteiger partial charge in [0.05, 0.1) is 11.3 Å². The maximum Gasteiger partial charge on any atom is 0.241 e. The SMILES string of the molecule is Cc1ccc(-c2nnc(Nc3ccc(CC(N)=O)cc3)c3ccccc23)cc1S(=O)(=O)NC(C)(C)C. The van der Waals surface area contributed by atoms with Crippen LogP contribution >= 0.6 is 0 Å². The van der Waals surface area contributed by atoms with E-state index in [0.717, 1.165) is 22.0 Å². The van der Waals surface area contributed by atoms with E-state index in [0.29, 0.717) is 22.6 Å². The number of carbonyl (C=O) groups is 1. The second-order valence-corrected chi connectivity index (χ2v) is 11.4. The molecule has 1 heterocycles. The van der Waals surface area contributed by atoms with E-state index in [9.17, 15) is 13.2 Å². The quantitative estimate of drug-likeness (QED) is 0.342. The lowest BCUT2D eigenvalue weighted by Crippen LogP contribution is -2.40. The monoisotopic (exact) mass is 503 g/mol. The van der Waals surface area contributed by atoms with Crippen LogP contribution in [-0.4, -0.2) is 30.1 Å². The molecule has 0 aliphatic heterocycles. The van der Waals surface area contributed by atoms with Crippen molar-refractivity contribution in [2.24, 2.45) is 5.73 Å². The van der Waals surface area contributed by atoms with E-state index in [-0.39, 0.29) is 17.2 Å². The van der Waals surface area contributed by atoms with Crippen molar-refractivity contribution in [1.82, 2.24) is 14.9 Å². The third-order valence-electron chi connectivity index (χ3n) is 5.47. The fourth-order valence-electron chi connectivity index (χ4n) is 3.95. The average Bonchev–Trinajstić information content (AvgIpc) is 2.79. The summed E-state index contributed by atoms with van der Waals surface area (Å²) < 4.78 is 28.9. The number of nitrogens with zero attached hydrogens (tertiary/aromatic N) is 2. The number of aryl methyl sites for hydroxylation is 1. The van der Waals surface area contributed by atoms with Crippen molar-refractivity contribution in [3.05, 3.63) is 77.9 Å². The van der Waals surface area contributed by atoms with Crippen molar-refractivity contribution < 1.29 is 13.2 Å². The molecule has 0 aliphatic rings. The Bertz CT molecular complexity index is 1540. The lowest BCUT2D eigenvalue weighted by Gasteiger charge is -2.21. The molecular weight excluding hydrogens is 474 g/mol. The average molecular weight is 504 g/mol. The number of hydrogen-bond donors (Lipinski definition) is 3. The number of nitrogens with two attached hydrogens (primary N) is 1. The topological polar surface area (TPSA) is 127 Å². The van der Waals surface area contributed by atoms with E-state index in [1.54, 1.807) is 39.8 Å². The summed E-state index contributed by atoms with van der Waals surface area (Å²) in [7, 11) is -3.73. The molecule has 0 saturated heterocycles. The third kappa shape index (κ3) is 5.69. The Morgan fingerprint density at radius 1 is 0.944 bits per heavy atom. The summed E-state index contributed by atoms with van der Waals surface area (Å²) in [5.41, 5.74) is 8.15. The van der Waals surface area contributed by atoms with Gasteiger partial charge in [-0.25, -0.2) is 13.1 Å². The van der Waals surface area contributed by atoms with Gasteiger partial charge in [0.2, 0.25) is 15.9 Å². The van der Waals surface area contributed by atoms with Crippen molar-refractivity contribution in [3.63, 3.8) is 0 Å². The normalized spacial score (nSPS) is 12.0. The molecule has 9 heteroatoms. The number of sulfonamides is 1. The minimum atomic E-state index is -3.73. The first-order valence-corrected chi connectivity index (χ1v) is 13.0. The van der Waals surface area contributed by atoms with Crippen LogP contribution < -0.4 is 15.8 Å². The van der Waals surface area contributed by atoms with Gasteiger partial charge >= 0.3 is 0 Å². The number of benzene rings is 3. The van der Waals surface area contributed by atoms with Gasteiger partial charge in [-0.1, -0.05) is 48.5 Å². The van der Waals surface area contributed by atoms with Crippen LogP contribution in [0.1, 0.15) is 31.9 Å². The number of nitrogens with one attached hydrogen (secondary N) is 2. The van der Waals surface area contributed by atoms with E-state index in [1.165, 1.54) is 0 Å². The molecule has 186 valence electrons. The Morgan fingerprint density at radius 2 is 1.61 bits per heavy atom. The zero-order valence-electron chi connectivity index (χ0n) is 20.7. The highest BCUT2D eigenvalue weighted by Gasteiger charge is 2.24. The third-order valence-corrected chi connectivity index (χ3v) is 7.37. The van der Waals surface area contributed by atoms with Crippen LogP contribution in [0.2, 0.25) is 0 Å². The summed E-state index contributed by atoms with van der Waals surface area (Å²) in [6.07, 6.45) is 0.178. The molecular formula is C27H29N5O3S. The molecule has 0 bridgehead atoms. The maximum absolute atomic E-state index is 13.1. The summed E-state index contributed by atoms with van der Waals surface area (Å²) in [6.45, 7) is 7.19. The van der Waals surface area contributed by atoms with Crippen molar-refractivity contribution >= 4 is 38.2 Å². The highest BCUT2D eigenvalue weighted by Crippen LogP contribution is 2.33. The van der Waals surface area contributed by atoms with Gasteiger partial charge in [0.1, 0.15) is 5.69 Å². The highest BCUT2D eigenvalue weighted by atomic mass is 32.2. The van der Waals surface area contributed by atoms with Gasteiger partial charge in [0.25, 0.3) is 0 Å². The van der Waals surface area contributed by atoms with Crippen LogP contribution in [0.5, 0.6) is 0 Å². The zero-order chi connectivity index (χ0) is 26.1. The van der Waals surface area contributed by atoms with Crippen LogP contribution in [0.25, 0.3) is 22.0 Å². The molecule has 1 amide bonds. The Morgan fingerprint density at radius 3 is 2.25 bits per heavy atom. The fraction of sp³-hybridized carbons (Fsp3) is 0.222. The summed E-state index contributed by atoms with van der Waals surface area (Å²) in [4.78, 5) is 11.4. The van der Waals surface area contributed by atoms with E-state index in [2.05, 4.69) is 20.2 Å². The van der Waals surface area contributed by atoms with E-state index in [1.807, 2.05) is 54.6 Å². The van der Waals surface area contributed by atoms with Crippen LogP contribution in [0, 0.1) is 6.92 Å². The first kappa shape index (κ1) is 25.3. The van der Waals surface area contributed by atoms with Crippen LogP contribution in [0.15, 0.2) is 71.6 Å².